The van der Waals surface area contributed by atoms with Gasteiger partial charge in [-0.2, -0.15) is 0 Å². The molecule has 0 saturated heterocycles. The van der Waals surface area contributed by atoms with Crippen LogP contribution in [0.25, 0.3) is 0 Å². The molecule has 0 saturated carbocycles. The van der Waals surface area contributed by atoms with Crippen LogP contribution in [0.4, 0.5) is 0 Å². The quantitative estimate of drug-likeness (QED) is 0.767. The summed E-state index contributed by atoms with van der Waals surface area (Å²) in [4.78, 5) is 2.13. The van der Waals surface area contributed by atoms with Crippen LogP contribution >= 0.6 is 0 Å². The Morgan fingerprint density at radius 1 is 1.37 bits per heavy atom. The average Bonchev–Trinajstić information content (AvgIpc) is 2.62. The molecule has 1 rings (SSSR count). The topological polar surface area (TPSA) is 88.6 Å². The van der Waals surface area contributed by atoms with Gasteiger partial charge < -0.3 is 14.6 Å². The van der Waals surface area contributed by atoms with Crippen LogP contribution in [0.15, 0.2) is 21.6 Å². The summed E-state index contributed by atoms with van der Waals surface area (Å²) >= 11 is 0. The smallest absolute Gasteiger partial charge is 0.271 e. The van der Waals surface area contributed by atoms with Crippen LogP contribution in [-0.2, 0) is 16.6 Å². The van der Waals surface area contributed by atoms with Gasteiger partial charge in [0, 0.05) is 13.1 Å². The lowest BCUT2D eigenvalue weighted by Crippen LogP contribution is -2.37. The van der Waals surface area contributed by atoms with Crippen molar-refractivity contribution in [1.82, 2.24) is 10.2 Å². The Bertz CT molecular complexity index is 506. The second-order valence-corrected chi connectivity index (χ2v) is 7.26. The lowest BCUT2D eigenvalue weighted by atomic mass is 9.93. The van der Waals surface area contributed by atoms with Gasteiger partial charge in [0.15, 0.2) is 0 Å². The summed E-state index contributed by atoms with van der Waals surface area (Å²) in [5.74, 6) is 0.560. The van der Waals surface area contributed by atoms with E-state index in [0.29, 0.717) is 12.3 Å². The Kier molecular flexibility index (Phi) is 5.14. The number of nitrogens with one attached hydrogen (secondary N) is 1. The van der Waals surface area contributed by atoms with Crippen molar-refractivity contribution >= 4 is 10.0 Å². The van der Waals surface area contributed by atoms with Gasteiger partial charge in [0.1, 0.15) is 5.76 Å². The third-order valence-electron chi connectivity index (χ3n) is 2.56. The normalized spacial score (nSPS) is 13.2. The van der Waals surface area contributed by atoms with Gasteiger partial charge in [-0.05, 0) is 31.6 Å². The van der Waals surface area contributed by atoms with Gasteiger partial charge in [-0.1, -0.05) is 13.8 Å². The minimum atomic E-state index is -3.75. The molecule has 0 unspecified atom stereocenters. The van der Waals surface area contributed by atoms with Gasteiger partial charge in [-0.25, -0.2) is 13.6 Å². The van der Waals surface area contributed by atoms with Crippen LogP contribution < -0.4 is 10.5 Å². The Balaban J connectivity index is 2.48. The van der Waals surface area contributed by atoms with Crippen LogP contribution in [0, 0.1) is 5.41 Å². The molecule has 0 aliphatic carbocycles. The molecule has 0 aliphatic rings. The van der Waals surface area contributed by atoms with E-state index in [2.05, 4.69) is 24.1 Å². The zero-order chi connectivity index (χ0) is 14.7. The number of hydrogen-bond acceptors (Lipinski definition) is 5. The van der Waals surface area contributed by atoms with E-state index in [1.807, 2.05) is 14.1 Å². The molecule has 1 aromatic rings. The van der Waals surface area contributed by atoms with Gasteiger partial charge in [0.25, 0.3) is 10.0 Å². The number of primary sulfonamides is 1. The van der Waals surface area contributed by atoms with E-state index in [1.165, 1.54) is 6.07 Å². The van der Waals surface area contributed by atoms with Crippen molar-refractivity contribution in [3.8, 4) is 0 Å². The fourth-order valence-electron chi connectivity index (χ4n) is 2.04. The highest BCUT2D eigenvalue weighted by atomic mass is 32.2. The van der Waals surface area contributed by atoms with Crippen molar-refractivity contribution in [3.63, 3.8) is 0 Å². The predicted octanol–water partition coefficient (Wildman–Crippen LogP) is 0.604. The molecule has 3 N–H and O–H groups in total. The highest BCUT2D eigenvalue weighted by Crippen LogP contribution is 2.15. The van der Waals surface area contributed by atoms with E-state index in [9.17, 15) is 8.42 Å². The van der Waals surface area contributed by atoms with Crippen LogP contribution in [0.1, 0.15) is 19.6 Å². The molecule has 19 heavy (non-hydrogen) atoms. The molecular formula is C12H23N3O3S. The zero-order valence-electron chi connectivity index (χ0n) is 11.9. The maximum atomic E-state index is 11.1. The minimum absolute atomic E-state index is 0.124. The summed E-state index contributed by atoms with van der Waals surface area (Å²) in [7, 11) is 0.316. The van der Waals surface area contributed by atoms with E-state index in [-0.39, 0.29) is 10.5 Å². The van der Waals surface area contributed by atoms with Crippen molar-refractivity contribution in [1.29, 1.82) is 0 Å². The zero-order valence-corrected chi connectivity index (χ0v) is 12.8. The van der Waals surface area contributed by atoms with Crippen LogP contribution in [0.3, 0.4) is 0 Å². The van der Waals surface area contributed by atoms with E-state index in [0.717, 1.165) is 13.1 Å². The fourth-order valence-corrected chi connectivity index (χ4v) is 2.52. The van der Waals surface area contributed by atoms with Gasteiger partial charge in [-0.3, -0.25) is 0 Å². The number of sulfonamides is 1. The van der Waals surface area contributed by atoms with Gasteiger partial charge in [-0.15, -0.1) is 0 Å². The van der Waals surface area contributed by atoms with Gasteiger partial charge in [0.05, 0.1) is 6.54 Å². The molecule has 0 amide bonds. The summed E-state index contributed by atoms with van der Waals surface area (Å²) in [6.45, 7) is 6.57. The van der Waals surface area contributed by atoms with Crippen molar-refractivity contribution < 1.29 is 12.8 Å². The second kappa shape index (κ2) is 6.04. The van der Waals surface area contributed by atoms with Crippen molar-refractivity contribution in [2.24, 2.45) is 10.6 Å². The van der Waals surface area contributed by atoms with Gasteiger partial charge in [0.2, 0.25) is 5.09 Å². The molecule has 1 aromatic heterocycles. The largest absolute Gasteiger partial charge is 0.447 e. The van der Waals surface area contributed by atoms with Crippen molar-refractivity contribution in [2.45, 2.75) is 25.5 Å². The van der Waals surface area contributed by atoms with E-state index in [1.54, 1.807) is 6.07 Å². The van der Waals surface area contributed by atoms with Crippen molar-refractivity contribution in [2.75, 3.05) is 27.2 Å². The maximum absolute atomic E-state index is 11.1. The van der Waals surface area contributed by atoms with Gasteiger partial charge >= 0.3 is 0 Å². The van der Waals surface area contributed by atoms with Crippen LogP contribution in [0.2, 0.25) is 0 Å². The average molecular weight is 289 g/mol. The Morgan fingerprint density at radius 2 is 2.00 bits per heavy atom. The van der Waals surface area contributed by atoms with E-state index >= 15 is 0 Å². The summed E-state index contributed by atoms with van der Waals surface area (Å²) in [5.41, 5.74) is 0.124. The molecule has 6 nitrogen and oxygen atoms in total. The summed E-state index contributed by atoms with van der Waals surface area (Å²) < 4.78 is 27.3. The molecular weight excluding hydrogens is 266 g/mol. The molecule has 0 aromatic carbocycles. The minimum Gasteiger partial charge on any atom is -0.447 e. The number of nitrogens with zero attached hydrogens (tertiary/aromatic N) is 1. The number of nitrogens with two attached hydrogens (primary N) is 1. The first kappa shape index (κ1) is 16.2. The fraction of sp³-hybridized carbons (Fsp3) is 0.667. The standard InChI is InChI=1S/C12H23N3O3S/c1-12(2,9-15(3)4)8-14-7-10-5-6-11(18-10)19(13,16)17/h5-6,14H,7-9H2,1-4H3,(H2,13,16,17). The third-order valence-corrected chi connectivity index (χ3v) is 3.34. The first-order valence-corrected chi connectivity index (χ1v) is 7.62. The molecule has 0 spiro atoms. The SMILES string of the molecule is CN(C)CC(C)(C)CNCc1ccc(S(N)(=O)=O)o1. The molecule has 0 fully saturated rings. The maximum Gasteiger partial charge on any atom is 0.271 e. The number of furan rings is 1. The Morgan fingerprint density at radius 3 is 2.47 bits per heavy atom. The molecule has 1 heterocycles. The molecule has 0 atom stereocenters. The summed E-state index contributed by atoms with van der Waals surface area (Å²) in [6.07, 6.45) is 0. The molecule has 0 bridgehead atoms. The Labute approximate surface area is 115 Å². The van der Waals surface area contributed by atoms with E-state index in [4.69, 9.17) is 9.56 Å². The summed E-state index contributed by atoms with van der Waals surface area (Å²) in [6, 6.07) is 2.99. The molecule has 7 heteroatoms. The Hall–Kier alpha value is -0.890. The first-order valence-electron chi connectivity index (χ1n) is 6.07. The van der Waals surface area contributed by atoms with Crippen molar-refractivity contribution in [3.05, 3.63) is 17.9 Å². The molecule has 110 valence electrons. The third kappa shape index (κ3) is 5.73. The molecule has 0 aliphatic heterocycles. The lowest BCUT2D eigenvalue weighted by Gasteiger charge is -2.28. The number of hydrogen-bond donors (Lipinski definition) is 2. The van der Waals surface area contributed by atoms with Crippen LogP contribution in [0.5, 0.6) is 0 Å². The first-order chi connectivity index (χ1) is 8.60. The highest BCUT2D eigenvalue weighted by molar-refractivity contribution is 7.89. The summed E-state index contributed by atoms with van der Waals surface area (Å²) in [5, 5.41) is 8.03. The predicted molar refractivity (Wildman–Crippen MR) is 74.1 cm³/mol. The molecule has 0 radical (unpaired) electrons. The monoisotopic (exact) mass is 289 g/mol. The lowest BCUT2D eigenvalue weighted by molar-refractivity contribution is 0.230. The number of rotatable bonds is 7. The van der Waals surface area contributed by atoms with Crippen LogP contribution in [-0.4, -0.2) is 40.5 Å². The second-order valence-electron chi connectivity index (χ2n) is 5.77. The highest BCUT2D eigenvalue weighted by Gasteiger charge is 2.19. The van der Waals surface area contributed by atoms with E-state index < -0.39 is 10.0 Å².